The number of aryl methyl sites for hydroxylation is 1. The minimum atomic E-state index is -0.715. The summed E-state index contributed by atoms with van der Waals surface area (Å²) in [5.41, 5.74) is 1.35. The molecule has 5 nitrogen and oxygen atoms in total. The summed E-state index contributed by atoms with van der Waals surface area (Å²) >= 11 is 5.89. The van der Waals surface area contributed by atoms with Gasteiger partial charge < -0.3 is 15.7 Å². The first kappa shape index (κ1) is 16.8. The maximum absolute atomic E-state index is 12.0. The van der Waals surface area contributed by atoms with Crippen molar-refractivity contribution in [1.29, 1.82) is 0 Å². The van der Waals surface area contributed by atoms with Crippen LogP contribution in [0, 0.1) is 12.8 Å². The third-order valence-corrected chi connectivity index (χ3v) is 4.35. The van der Waals surface area contributed by atoms with Gasteiger partial charge in [-0.1, -0.05) is 30.5 Å². The van der Waals surface area contributed by atoms with E-state index in [0.29, 0.717) is 10.7 Å². The second kappa shape index (κ2) is 7.61. The van der Waals surface area contributed by atoms with E-state index in [1.54, 1.807) is 18.2 Å². The monoisotopic (exact) mass is 324 g/mol. The Morgan fingerprint density at radius 1 is 1.27 bits per heavy atom. The van der Waals surface area contributed by atoms with Crippen LogP contribution in [-0.4, -0.2) is 29.6 Å². The van der Waals surface area contributed by atoms with Crippen LogP contribution >= 0.6 is 11.6 Å². The van der Waals surface area contributed by atoms with Gasteiger partial charge >= 0.3 is 11.8 Å². The first-order chi connectivity index (χ1) is 10.5. The fourth-order valence-corrected chi connectivity index (χ4v) is 2.93. The Hall–Kier alpha value is -1.59. The molecule has 2 amide bonds. The summed E-state index contributed by atoms with van der Waals surface area (Å²) in [6.07, 6.45) is 3.71. The lowest BCUT2D eigenvalue weighted by Gasteiger charge is -2.30. The van der Waals surface area contributed by atoms with Gasteiger partial charge in [0.15, 0.2) is 0 Å². The lowest BCUT2D eigenvalue weighted by Crippen LogP contribution is -2.47. The van der Waals surface area contributed by atoms with Gasteiger partial charge in [-0.2, -0.15) is 0 Å². The first-order valence-electron chi connectivity index (χ1n) is 7.50. The number of nitrogens with one attached hydrogen (secondary N) is 2. The number of carbonyl (C=O) groups is 2. The average Bonchev–Trinajstić information content (AvgIpc) is 2.51. The zero-order chi connectivity index (χ0) is 16.1. The van der Waals surface area contributed by atoms with Crippen LogP contribution in [0.25, 0.3) is 0 Å². The molecule has 1 aliphatic rings. The lowest BCUT2D eigenvalue weighted by atomic mass is 9.85. The normalized spacial score (nSPS) is 21.2. The molecule has 0 aliphatic heterocycles. The molecule has 0 heterocycles. The Kier molecular flexibility index (Phi) is 5.80. The maximum Gasteiger partial charge on any atom is 0.313 e. The molecular weight excluding hydrogens is 304 g/mol. The van der Waals surface area contributed by atoms with E-state index in [1.807, 2.05) is 6.92 Å². The molecule has 0 spiro atoms. The summed E-state index contributed by atoms with van der Waals surface area (Å²) in [7, 11) is 0. The predicted octanol–water partition coefficient (Wildman–Crippen LogP) is 2.25. The Bertz CT molecular complexity index is 562. The number of aliphatic hydroxyl groups excluding tert-OH is 1. The largest absolute Gasteiger partial charge is 0.396 e. The van der Waals surface area contributed by atoms with Crippen LogP contribution < -0.4 is 10.6 Å². The SMILES string of the molecule is Cc1ccc(Cl)cc1NC(=O)C(=O)NC1CCCCC1CO. The number of carbonyl (C=O) groups excluding carboxylic acids is 2. The van der Waals surface area contributed by atoms with Gasteiger partial charge in [0.05, 0.1) is 0 Å². The van der Waals surface area contributed by atoms with Crippen LogP contribution in [0.15, 0.2) is 18.2 Å². The molecular formula is C16H21ClN2O3. The highest BCUT2D eigenvalue weighted by Gasteiger charge is 2.28. The summed E-state index contributed by atoms with van der Waals surface area (Å²) in [5, 5.41) is 15.1. The average molecular weight is 325 g/mol. The van der Waals surface area contributed by atoms with Crippen LogP contribution in [0.5, 0.6) is 0 Å². The van der Waals surface area contributed by atoms with Gasteiger partial charge in [-0.15, -0.1) is 0 Å². The van der Waals surface area contributed by atoms with Crippen LogP contribution in [0.1, 0.15) is 31.2 Å². The third kappa shape index (κ3) is 4.21. The molecule has 2 atom stereocenters. The van der Waals surface area contributed by atoms with Gasteiger partial charge in [-0.05, 0) is 37.5 Å². The Morgan fingerprint density at radius 3 is 2.73 bits per heavy atom. The van der Waals surface area contributed by atoms with E-state index in [-0.39, 0.29) is 18.6 Å². The first-order valence-corrected chi connectivity index (χ1v) is 7.88. The molecule has 1 aromatic rings. The molecule has 0 aromatic heterocycles. The van der Waals surface area contributed by atoms with Crippen LogP contribution in [0.2, 0.25) is 5.02 Å². The highest BCUT2D eigenvalue weighted by Crippen LogP contribution is 2.24. The predicted molar refractivity (Wildman–Crippen MR) is 85.8 cm³/mol. The maximum atomic E-state index is 12.0. The highest BCUT2D eigenvalue weighted by atomic mass is 35.5. The van der Waals surface area contributed by atoms with Gasteiger partial charge in [0, 0.05) is 29.3 Å². The molecule has 22 heavy (non-hydrogen) atoms. The van der Waals surface area contributed by atoms with Crippen LogP contribution in [0.4, 0.5) is 5.69 Å². The van der Waals surface area contributed by atoms with Crippen molar-refractivity contribution in [3.63, 3.8) is 0 Å². The second-order valence-corrected chi connectivity index (χ2v) is 6.16. The third-order valence-electron chi connectivity index (χ3n) is 4.11. The van der Waals surface area contributed by atoms with Crippen molar-refractivity contribution in [2.24, 2.45) is 5.92 Å². The molecule has 0 radical (unpaired) electrons. The summed E-state index contributed by atoms with van der Waals surface area (Å²) in [5.74, 6) is -1.37. The van der Waals surface area contributed by atoms with E-state index in [0.717, 1.165) is 31.2 Å². The molecule has 0 bridgehead atoms. The van der Waals surface area contributed by atoms with Gasteiger partial charge in [0.1, 0.15) is 0 Å². The molecule has 1 aliphatic carbocycles. The molecule has 6 heteroatoms. The Morgan fingerprint density at radius 2 is 2.00 bits per heavy atom. The van der Waals surface area contributed by atoms with E-state index < -0.39 is 11.8 Å². The molecule has 1 fully saturated rings. The molecule has 2 unspecified atom stereocenters. The number of rotatable bonds is 3. The van der Waals surface area contributed by atoms with Gasteiger partial charge in [0.25, 0.3) is 0 Å². The second-order valence-electron chi connectivity index (χ2n) is 5.72. The molecule has 0 saturated heterocycles. The molecule has 1 aromatic carbocycles. The smallest absolute Gasteiger partial charge is 0.313 e. The fraction of sp³-hybridized carbons (Fsp3) is 0.500. The molecule has 1 saturated carbocycles. The number of anilines is 1. The number of halogens is 1. The topological polar surface area (TPSA) is 78.4 Å². The summed E-state index contributed by atoms with van der Waals surface area (Å²) in [6.45, 7) is 1.85. The van der Waals surface area contributed by atoms with E-state index in [1.165, 1.54) is 0 Å². The number of amides is 2. The van der Waals surface area contributed by atoms with Crippen LogP contribution in [-0.2, 0) is 9.59 Å². The van der Waals surface area contributed by atoms with Crippen molar-refractivity contribution < 1.29 is 14.7 Å². The van der Waals surface area contributed by atoms with E-state index in [4.69, 9.17) is 11.6 Å². The summed E-state index contributed by atoms with van der Waals surface area (Å²) < 4.78 is 0. The fourth-order valence-electron chi connectivity index (χ4n) is 2.76. The summed E-state index contributed by atoms with van der Waals surface area (Å²) in [4.78, 5) is 24.1. The van der Waals surface area contributed by atoms with Crippen molar-refractivity contribution >= 4 is 29.1 Å². The zero-order valence-corrected chi connectivity index (χ0v) is 13.3. The van der Waals surface area contributed by atoms with Crippen molar-refractivity contribution in [2.75, 3.05) is 11.9 Å². The van der Waals surface area contributed by atoms with Gasteiger partial charge in [-0.25, -0.2) is 0 Å². The van der Waals surface area contributed by atoms with Crippen molar-refractivity contribution in [3.8, 4) is 0 Å². The highest BCUT2D eigenvalue weighted by molar-refractivity contribution is 6.40. The molecule has 2 rings (SSSR count). The van der Waals surface area contributed by atoms with E-state index in [2.05, 4.69) is 10.6 Å². The quantitative estimate of drug-likeness (QED) is 0.746. The summed E-state index contributed by atoms with van der Waals surface area (Å²) in [6, 6.07) is 4.97. The number of benzene rings is 1. The Balaban J connectivity index is 1.97. The van der Waals surface area contributed by atoms with Crippen LogP contribution in [0.3, 0.4) is 0 Å². The minimum Gasteiger partial charge on any atom is -0.396 e. The zero-order valence-electron chi connectivity index (χ0n) is 12.6. The van der Waals surface area contributed by atoms with E-state index in [9.17, 15) is 14.7 Å². The standard InChI is InChI=1S/C16H21ClN2O3/c1-10-6-7-12(17)8-14(10)19-16(22)15(21)18-13-5-3-2-4-11(13)9-20/h6-8,11,13,20H,2-5,9H2,1H3,(H,18,21)(H,19,22). The van der Waals surface area contributed by atoms with Gasteiger partial charge in [-0.3, -0.25) is 9.59 Å². The van der Waals surface area contributed by atoms with Gasteiger partial charge in [0.2, 0.25) is 0 Å². The Labute approximate surface area is 135 Å². The van der Waals surface area contributed by atoms with Crippen molar-refractivity contribution in [1.82, 2.24) is 5.32 Å². The number of hydrogen-bond donors (Lipinski definition) is 3. The lowest BCUT2D eigenvalue weighted by molar-refractivity contribution is -0.137. The van der Waals surface area contributed by atoms with Crippen molar-refractivity contribution in [3.05, 3.63) is 28.8 Å². The number of aliphatic hydroxyl groups is 1. The minimum absolute atomic E-state index is 0.0263. The van der Waals surface area contributed by atoms with Crippen molar-refractivity contribution in [2.45, 2.75) is 38.6 Å². The number of hydrogen-bond acceptors (Lipinski definition) is 3. The molecule has 3 N–H and O–H groups in total. The van der Waals surface area contributed by atoms with E-state index >= 15 is 0 Å². The molecule has 120 valence electrons.